The fourth-order valence-corrected chi connectivity index (χ4v) is 2.29. The molecule has 0 saturated heterocycles. The first kappa shape index (κ1) is 15.7. The van der Waals surface area contributed by atoms with Crippen molar-refractivity contribution in [1.29, 1.82) is 0 Å². The van der Waals surface area contributed by atoms with Crippen LogP contribution in [0.2, 0.25) is 0 Å². The van der Waals surface area contributed by atoms with Gasteiger partial charge in [-0.25, -0.2) is 0 Å². The lowest BCUT2D eigenvalue weighted by atomic mass is 10.2. The van der Waals surface area contributed by atoms with Crippen LogP contribution in [-0.2, 0) is 6.42 Å². The number of hydrogen-bond acceptors (Lipinski definition) is 3. The van der Waals surface area contributed by atoms with Gasteiger partial charge in [0.2, 0.25) is 0 Å². The van der Waals surface area contributed by atoms with E-state index in [0.29, 0.717) is 17.9 Å². The van der Waals surface area contributed by atoms with Crippen molar-refractivity contribution in [3.05, 3.63) is 90.3 Å². The van der Waals surface area contributed by atoms with Gasteiger partial charge in [0.05, 0.1) is 0 Å². The summed E-state index contributed by atoms with van der Waals surface area (Å²) in [4.78, 5) is 16.3. The van der Waals surface area contributed by atoms with Gasteiger partial charge in [-0.15, -0.1) is 0 Å². The van der Waals surface area contributed by atoms with Crippen molar-refractivity contribution < 1.29 is 9.53 Å². The van der Waals surface area contributed by atoms with Gasteiger partial charge in [0.15, 0.2) is 0 Å². The van der Waals surface area contributed by atoms with Gasteiger partial charge in [0, 0.05) is 24.5 Å². The summed E-state index contributed by atoms with van der Waals surface area (Å²) in [6, 6.07) is 20.5. The molecular formula is C20H18N2O2. The third kappa shape index (κ3) is 4.43. The second kappa shape index (κ2) is 7.92. The predicted octanol–water partition coefficient (Wildman–Crippen LogP) is 3.85. The first-order valence-electron chi connectivity index (χ1n) is 7.81. The van der Waals surface area contributed by atoms with Crippen molar-refractivity contribution in [3.8, 4) is 11.5 Å². The highest BCUT2D eigenvalue weighted by atomic mass is 16.5. The van der Waals surface area contributed by atoms with E-state index in [4.69, 9.17) is 4.74 Å². The maximum atomic E-state index is 12.3. The van der Waals surface area contributed by atoms with Crippen LogP contribution in [0.5, 0.6) is 11.5 Å². The molecular weight excluding hydrogens is 300 g/mol. The molecule has 0 spiro atoms. The molecule has 4 nitrogen and oxygen atoms in total. The highest BCUT2D eigenvalue weighted by molar-refractivity contribution is 5.94. The molecule has 0 bridgehead atoms. The average Bonchev–Trinajstić information content (AvgIpc) is 2.64. The Morgan fingerprint density at radius 1 is 0.958 bits per heavy atom. The van der Waals surface area contributed by atoms with Gasteiger partial charge in [-0.05, 0) is 48.4 Å². The van der Waals surface area contributed by atoms with Crippen molar-refractivity contribution in [1.82, 2.24) is 10.3 Å². The zero-order chi connectivity index (χ0) is 16.6. The summed E-state index contributed by atoms with van der Waals surface area (Å²) in [5.41, 5.74) is 1.67. The lowest BCUT2D eigenvalue weighted by molar-refractivity contribution is 0.0954. The molecule has 1 N–H and O–H groups in total. The number of benzene rings is 2. The van der Waals surface area contributed by atoms with Gasteiger partial charge >= 0.3 is 0 Å². The van der Waals surface area contributed by atoms with E-state index in [1.807, 2.05) is 54.6 Å². The van der Waals surface area contributed by atoms with E-state index < -0.39 is 0 Å². The summed E-state index contributed by atoms with van der Waals surface area (Å²) in [7, 11) is 0. The fourth-order valence-electron chi connectivity index (χ4n) is 2.29. The second-order valence-corrected chi connectivity index (χ2v) is 5.31. The smallest absolute Gasteiger partial charge is 0.251 e. The highest BCUT2D eigenvalue weighted by Gasteiger charge is 2.07. The normalized spacial score (nSPS) is 10.2. The van der Waals surface area contributed by atoms with Gasteiger partial charge in [-0.3, -0.25) is 9.78 Å². The fraction of sp³-hybridized carbons (Fsp3) is 0.100. The lowest BCUT2D eigenvalue weighted by Gasteiger charge is -2.08. The zero-order valence-corrected chi connectivity index (χ0v) is 13.2. The van der Waals surface area contributed by atoms with Crippen LogP contribution in [0.15, 0.2) is 79.1 Å². The molecule has 24 heavy (non-hydrogen) atoms. The maximum absolute atomic E-state index is 12.3. The summed E-state index contributed by atoms with van der Waals surface area (Å²) in [6.45, 7) is 0.564. The predicted molar refractivity (Wildman–Crippen MR) is 93.2 cm³/mol. The number of ether oxygens (including phenoxy) is 1. The number of para-hydroxylation sites is 1. The Labute approximate surface area is 141 Å². The number of rotatable bonds is 6. The summed E-state index contributed by atoms with van der Waals surface area (Å²) in [5, 5.41) is 2.92. The van der Waals surface area contributed by atoms with E-state index in [2.05, 4.69) is 10.3 Å². The van der Waals surface area contributed by atoms with Crippen LogP contribution in [0.25, 0.3) is 0 Å². The number of amides is 1. The van der Waals surface area contributed by atoms with E-state index >= 15 is 0 Å². The Kier molecular flexibility index (Phi) is 5.20. The largest absolute Gasteiger partial charge is 0.457 e. The molecule has 0 aliphatic carbocycles. The number of carbonyl (C=O) groups is 1. The third-order valence-electron chi connectivity index (χ3n) is 3.50. The summed E-state index contributed by atoms with van der Waals surface area (Å²) >= 11 is 0. The van der Waals surface area contributed by atoms with Gasteiger partial charge in [0.1, 0.15) is 11.5 Å². The standard InChI is InChI=1S/C20H18N2O2/c23-20(22-13-11-16-6-5-12-21-15-16)17-7-4-10-19(14-17)24-18-8-2-1-3-9-18/h1-10,12,14-15H,11,13H2,(H,22,23). The number of pyridine rings is 1. The van der Waals surface area contributed by atoms with Crippen LogP contribution in [0.3, 0.4) is 0 Å². The van der Waals surface area contributed by atoms with Crippen LogP contribution in [-0.4, -0.2) is 17.4 Å². The van der Waals surface area contributed by atoms with E-state index in [1.54, 1.807) is 24.5 Å². The molecule has 4 heteroatoms. The molecule has 0 aliphatic heterocycles. The van der Waals surface area contributed by atoms with Crippen LogP contribution in [0.1, 0.15) is 15.9 Å². The van der Waals surface area contributed by atoms with Crippen molar-refractivity contribution >= 4 is 5.91 Å². The van der Waals surface area contributed by atoms with E-state index in [0.717, 1.165) is 17.7 Å². The zero-order valence-electron chi connectivity index (χ0n) is 13.2. The molecule has 0 aliphatic rings. The van der Waals surface area contributed by atoms with Crippen molar-refractivity contribution in [2.75, 3.05) is 6.54 Å². The van der Waals surface area contributed by atoms with Gasteiger partial charge in [0.25, 0.3) is 5.91 Å². The molecule has 1 heterocycles. The highest BCUT2D eigenvalue weighted by Crippen LogP contribution is 2.21. The summed E-state index contributed by atoms with van der Waals surface area (Å²) in [6.07, 6.45) is 4.29. The quantitative estimate of drug-likeness (QED) is 0.751. The molecule has 0 saturated carbocycles. The Balaban J connectivity index is 1.58. The van der Waals surface area contributed by atoms with Crippen LogP contribution in [0.4, 0.5) is 0 Å². The Morgan fingerprint density at radius 2 is 1.79 bits per heavy atom. The van der Waals surface area contributed by atoms with E-state index in [1.165, 1.54) is 0 Å². The van der Waals surface area contributed by atoms with Crippen molar-refractivity contribution in [2.24, 2.45) is 0 Å². The van der Waals surface area contributed by atoms with E-state index in [-0.39, 0.29) is 5.91 Å². The number of nitrogens with zero attached hydrogens (tertiary/aromatic N) is 1. The molecule has 2 aromatic carbocycles. The maximum Gasteiger partial charge on any atom is 0.251 e. The molecule has 1 aromatic heterocycles. The molecule has 3 aromatic rings. The van der Waals surface area contributed by atoms with Gasteiger partial charge in [-0.1, -0.05) is 30.3 Å². The lowest BCUT2D eigenvalue weighted by Crippen LogP contribution is -2.25. The number of carbonyl (C=O) groups excluding carboxylic acids is 1. The topological polar surface area (TPSA) is 51.2 Å². The van der Waals surface area contributed by atoms with E-state index in [9.17, 15) is 4.79 Å². The van der Waals surface area contributed by atoms with Gasteiger partial charge < -0.3 is 10.1 Å². The van der Waals surface area contributed by atoms with Crippen molar-refractivity contribution in [2.45, 2.75) is 6.42 Å². The molecule has 3 rings (SSSR count). The first-order valence-corrected chi connectivity index (χ1v) is 7.81. The molecule has 0 unspecified atom stereocenters. The molecule has 0 atom stereocenters. The number of nitrogens with one attached hydrogen (secondary N) is 1. The van der Waals surface area contributed by atoms with Crippen LogP contribution < -0.4 is 10.1 Å². The molecule has 0 radical (unpaired) electrons. The van der Waals surface area contributed by atoms with Gasteiger partial charge in [-0.2, -0.15) is 0 Å². The second-order valence-electron chi connectivity index (χ2n) is 5.31. The van der Waals surface area contributed by atoms with Crippen molar-refractivity contribution in [3.63, 3.8) is 0 Å². The minimum absolute atomic E-state index is 0.114. The molecule has 1 amide bonds. The summed E-state index contributed by atoms with van der Waals surface area (Å²) in [5.74, 6) is 1.27. The monoisotopic (exact) mass is 318 g/mol. The number of aromatic nitrogens is 1. The Morgan fingerprint density at radius 3 is 2.58 bits per heavy atom. The minimum atomic E-state index is -0.114. The van der Waals surface area contributed by atoms with Crippen LogP contribution in [0, 0.1) is 0 Å². The molecule has 0 fully saturated rings. The average molecular weight is 318 g/mol. The third-order valence-corrected chi connectivity index (χ3v) is 3.50. The van der Waals surface area contributed by atoms with Crippen LogP contribution >= 0.6 is 0 Å². The SMILES string of the molecule is O=C(NCCc1cccnc1)c1cccc(Oc2ccccc2)c1. The first-order chi connectivity index (χ1) is 11.8. The summed E-state index contributed by atoms with van der Waals surface area (Å²) < 4.78 is 5.75. The number of hydrogen-bond donors (Lipinski definition) is 1. The Hall–Kier alpha value is -3.14. The minimum Gasteiger partial charge on any atom is -0.457 e. The molecule has 120 valence electrons. The Bertz CT molecular complexity index is 789.